The Bertz CT molecular complexity index is 549. The first-order chi connectivity index (χ1) is 8.95. The zero-order valence-electron chi connectivity index (χ0n) is 10.4. The average Bonchev–Trinajstić information content (AvgIpc) is 2.84. The third-order valence-electron chi connectivity index (χ3n) is 2.32. The fourth-order valence-electron chi connectivity index (χ4n) is 1.44. The number of carbonyl (C=O) groups is 1. The number of sulfonamides is 1. The summed E-state index contributed by atoms with van der Waals surface area (Å²) in [4.78, 5) is 10.6. The third kappa shape index (κ3) is 3.63. The van der Waals surface area contributed by atoms with Crippen molar-refractivity contribution in [2.75, 3.05) is 26.8 Å². The van der Waals surface area contributed by atoms with Crippen LogP contribution in [0.2, 0.25) is 0 Å². The van der Waals surface area contributed by atoms with E-state index in [0.717, 1.165) is 15.6 Å². The molecule has 19 heavy (non-hydrogen) atoms. The first kappa shape index (κ1) is 15.8. The summed E-state index contributed by atoms with van der Waals surface area (Å²) < 4.78 is 30.8. The summed E-state index contributed by atoms with van der Waals surface area (Å²) in [5, 5.41) is 10.4. The first-order valence-electron chi connectivity index (χ1n) is 5.36. The molecule has 0 aliphatic rings. The number of carboxylic acid groups (broad SMARTS) is 1. The number of hydrogen-bond acceptors (Lipinski definition) is 5. The quantitative estimate of drug-likeness (QED) is 0.731. The topological polar surface area (TPSA) is 83.9 Å². The van der Waals surface area contributed by atoms with E-state index in [1.165, 1.54) is 24.6 Å². The van der Waals surface area contributed by atoms with Crippen LogP contribution in [0, 0.1) is 0 Å². The molecule has 6 nitrogen and oxygen atoms in total. The average molecular weight is 305 g/mol. The highest BCUT2D eigenvalue weighted by molar-refractivity contribution is 7.89. The zero-order chi connectivity index (χ0) is 14.5. The van der Waals surface area contributed by atoms with Crippen molar-refractivity contribution in [1.82, 2.24) is 4.31 Å². The van der Waals surface area contributed by atoms with E-state index in [2.05, 4.69) is 6.58 Å². The molecule has 0 saturated heterocycles. The Morgan fingerprint density at radius 2 is 2.32 bits per heavy atom. The fourth-order valence-corrected chi connectivity index (χ4v) is 4.07. The minimum absolute atomic E-state index is 0.0978. The second kappa shape index (κ2) is 6.80. The number of hydrogen-bond donors (Lipinski definition) is 1. The smallest absolute Gasteiger partial charge is 0.347 e. The van der Waals surface area contributed by atoms with Crippen molar-refractivity contribution in [3.8, 4) is 0 Å². The molecule has 0 aromatic carbocycles. The van der Waals surface area contributed by atoms with Crippen LogP contribution in [-0.4, -0.2) is 50.6 Å². The Labute approximate surface area is 116 Å². The molecule has 0 saturated carbocycles. The van der Waals surface area contributed by atoms with Crippen molar-refractivity contribution < 1.29 is 23.1 Å². The molecule has 0 aliphatic heterocycles. The molecule has 0 fully saturated rings. The van der Waals surface area contributed by atoms with Gasteiger partial charge in [-0.15, -0.1) is 17.9 Å². The van der Waals surface area contributed by atoms with Crippen molar-refractivity contribution in [3.05, 3.63) is 29.0 Å². The van der Waals surface area contributed by atoms with Crippen LogP contribution in [0.15, 0.2) is 29.0 Å². The van der Waals surface area contributed by atoms with E-state index in [9.17, 15) is 13.2 Å². The van der Waals surface area contributed by atoms with E-state index in [-0.39, 0.29) is 29.5 Å². The van der Waals surface area contributed by atoms with E-state index < -0.39 is 16.0 Å². The predicted molar refractivity (Wildman–Crippen MR) is 72.1 cm³/mol. The summed E-state index contributed by atoms with van der Waals surface area (Å²) in [5.41, 5.74) is 0. The van der Waals surface area contributed by atoms with Crippen molar-refractivity contribution in [2.24, 2.45) is 0 Å². The number of ether oxygens (including phenoxy) is 1. The molecule has 0 atom stereocenters. The lowest BCUT2D eigenvalue weighted by Crippen LogP contribution is -2.34. The number of thiophene rings is 1. The fraction of sp³-hybridized carbons (Fsp3) is 0.364. The lowest BCUT2D eigenvalue weighted by atomic mass is 10.5. The highest BCUT2D eigenvalue weighted by Crippen LogP contribution is 2.25. The minimum Gasteiger partial charge on any atom is -0.477 e. The lowest BCUT2D eigenvalue weighted by Gasteiger charge is -2.20. The SMILES string of the molecule is C=CCN(CCOC)S(=O)(=O)c1ccsc1C(=O)O. The molecule has 106 valence electrons. The van der Waals surface area contributed by atoms with Crippen molar-refractivity contribution in [2.45, 2.75) is 4.90 Å². The molecule has 0 spiro atoms. The molecule has 1 N–H and O–H groups in total. The molecule has 1 heterocycles. The van der Waals surface area contributed by atoms with Gasteiger partial charge in [-0.2, -0.15) is 4.31 Å². The summed E-state index contributed by atoms with van der Waals surface area (Å²) in [6.45, 7) is 3.96. The van der Waals surface area contributed by atoms with E-state index in [4.69, 9.17) is 9.84 Å². The van der Waals surface area contributed by atoms with Crippen LogP contribution in [0.5, 0.6) is 0 Å². The van der Waals surface area contributed by atoms with Gasteiger partial charge in [-0.1, -0.05) is 6.08 Å². The highest BCUT2D eigenvalue weighted by Gasteiger charge is 2.29. The number of aromatic carboxylic acids is 1. The molecular formula is C11H15NO5S2. The number of methoxy groups -OCH3 is 1. The van der Waals surface area contributed by atoms with Crippen molar-refractivity contribution >= 4 is 27.3 Å². The maximum atomic E-state index is 12.4. The van der Waals surface area contributed by atoms with Crippen LogP contribution in [-0.2, 0) is 14.8 Å². The predicted octanol–water partition coefficient (Wildman–Crippen LogP) is 1.27. The van der Waals surface area contributed by atoms with E-state index in [0.29, 0.717) is 0 Å². The summed E-state index contributed by atoms with van der Waals surface area (Å²) in [6.07, 6.45) is 1.44. The van der Waals surface area contributed by atoms with Gasteiger partial charge < -0.3 is 9.84 Å². The van der Waals surface area contributed by atoms with E-state index >= 15 is 0 Å². The van der Waals surface area contributed by atoms with E-state index in [1.807, 2.05) is 0 Å². The van der Waals surface area contributed by atoms with Gasteiger partial charge >= 0.3 is 5.97 Å². The van der Waals surface area contributed by atoms with Gasteiger partial charge in [-0.3, -0.25) is 0 Å². The lowest BCUT2D eigenvalue weighted by molar-refractivity contribution is 0.0698. The van der Waals surface area contributed by atoms with Crippen LogP contribution in [0.3, 0.4) is 0 Å². The number of carboxylic acids is 1. The second-order valence-electron chi connectivity index (χ2n) is 3.56. The molecule has 0 radical (unpaired) electrons. The number of rotatable bonds is 8. The largest absolute Gasteiger partial charge is 0.477 e. The Morgan fingerprint density at radius 3 is 2.84 bits per heavy atom. The molecule has 0 bridgehead atoms. The summed E-state index contributed by atoms with van der Waals surface area (Å²) in [7, 11) is -2.39. The summed E-state index contributed by atoms with van der Waals surface area (Å²) >= 11 is 0.881. The van der Waals surface area contributed by atoms with Crippen molar-refractivity contribution in [3.63, 3.8) is 0 Å². The second-order valence-corrected chi connectivity index (χ2v) is 6.39. The molecule has 0 amide bonds. The Balaban J connectivity index is 3.14. The van der Waals surface area contributed by atoms with Crippen LogP contribution in [0.1, 0.15) is 9.67 Å². The molecule has 0 unspecified atom stereocenters. The third-order valence-corrected chi connectivity index (χ3v) is 5.26. The number of nitrogens with zero attached hydrogens (tertiary/aromatic N) is 1. The maximum absolute atomic E-state index is 12.4. The van der Waals surface area contributed by atoms with Gasteiger partial charge in [0.15, 0.2) is 0 Å². The Hall–Kier alpha value is -1.22. The van der Waals surface area contributed by atoms with Gasteiger partial charge in [0.05, 0.1) is 6.61 Å². The van der Waals surface area contributed by atoms with Crippen LogP contribution in [0.4, 0.5) is 0 Å². The summed E-state index contributed by atoms with van der Waals surface area (Å²) in [5.74, 6) is -1.25. The monoisotopic (exact) mass is 305 g/mol. The van der Waals surface area contributed by atoms with Crippen LogP contribution >= 0.6 is 11.3 Å². The van der Waals surface area contributed by atoms with Gasteiger partial charge in [0.1, 0.15) is 9.77 Å². The molecule has 1 rings (SSSR count). The van der Waals surface area contributed by atoms with Crippen LogP contribution < -0.4 is 0 Å². The highest BCUT2D eigenvalue weighted by atomic mass is 32.2. The Kier molecular flexibility index (Phi) is 5.67. The molecule has 8 heteroatoms. The minimum atomic E-state index is -3.86. The molecule has 0 aliphatic carbocycles. The van der Waals surface area contributed by atoms with Gasteiger partial charge in [-0.25, -0.2) is 13.2 Å². The van der Waals surface area contributed by atoms with Gasteiger partial charge in [0, 0.05) is 20.2 Å². The van der Waals surface area contributed by atoms with Crippen LogP contribution in [0.25, 0.3) is 0 Å². The zero-order valence-corrected chi connectivity index (χ0v) is 12.0. The molecule has 1 aromatic heterocycles. The molecular weight excluding hydrogens is 290 g/mol. The normalized spacial score (nSPS) is 11.7. The van der Waals surface area contributed by atoms with Gasteiger partial charge in [0.25, 0.3) is 0 Å². The maximum Gasteiger partial charge on any atom is 0.347 e. The standard InChI is InChI=1S/C11H15NO5S2/c1-3-5-12(6-7-17-2)19(15,16)9-4-8-18-10(9)11(13)14/h3-4,8H,1,5-7H2,2H3,(H,13,14). The van der Waals surface area contributed by atoms with E-state index in [1.54, 1.807) is 0 Å². The van der Waals surface area contributed by atoms with Gasteiger partial charge in [0.2, 0.25) is 10.0 Å². The van der Waals surface area contributed by atoms with Gasteiger partial charge in [-0.05, 0) is 11.4 Å². The first-order valence-corrected chi connectivity index (χ1v) is 7.68. The summed E-state index contributed by atoms with van der Waals surface area (Å²) in [6, 6.07) is 1.30. The molecule has 1 aromatic rings. The van der Waals surface area contributed by atoms with Crippen molar-refractivity contribution in [1.29, 1.82) is 0 Å². The Morgan fingerprint density at radius 1 is 1.63 bits per heavy atom.